The molecule has 3 atom stereocenters. The van der Waals surface area contributed by atoms with Crippen LogP contribution in [0.4, 0.5) is 0 Å². The number of ether oxygens (including phenoxy) is 2. The van der Waals surface area contributed by atoms with E-state index in [2.05, 4.69) is 5.32 Å². The molecule has 1 fully saturated rings. The second-order valence-corrected chi connectivity index (χ2v) is 8.87. The molecule has 8 nitrogen and oxygen atoms in total. The van der Waals surface area contributed by atoms with Crippen molar-refractivity contribution in [3.63, 3.8) is 0 Å². The average Bonchev–Trinajstić information content (AvgIpc) is 3.31. The van der Waals surface area contributed by atoms with Gasteiger partial charge in [0.15, 0.2) is 0 Å². The molecule has 8 heteroatoms. The predicted molar refractivity (Wildman–Crippen MR) is 127 cm³/mol. The summed E-state index contributed by atoms with van der Waals surface area (Å²) >= 11 is 0. The maximum Gasteiger partial charge on any atom is 0.309 e. The number of hydrogen-bond acceptors (Lipinski definition) is 6. The first-order valence-corrected chi connectivity index (χ1v) is 12.2. The largest absolute Gasteiger partial charge is 0.463 e. The van der Waals surface area contributed by atoms with Crippen molar-refractivity contribution in [3.8, 4) is 0 Å². The van der Waals surface area contributed by atoms with Crippen molar-refractivity contribution in [1.82, 2.24) is 10.2 Å². The number of aliphatic hydroxyl groups excluding tert-OH is 1. The molecule has 186 valence electrons. The summed E-state index contributed by atoms with van der Waals surface area (Å²) in [6.45, 7) is 1.63. The summed E-state index contributed by atoms with van der Waals surface area (Å²) in [7, 11) is 0. The summed E-state index contributed by atoms with van der Waals surface area (Å²) in [6.07, 6.45) is 7.16. The Morgan fingerprint density at radius 2 is 1.88 bits per heavy atom. The minimum absolute atomic E-state index is 0.0590. The molecule has 0 aromatic heterocycles. The van der Waals surface area contributed by atoms with Crippen molar-refractivity contribution in [2.75, 3.05) is 39.5 Å². The molecular formula is C26H36N2O6. The molecular weight excluding hydrogens is 436 g/mol. The third-order valence-electron chi connectivity index (χ3n) is 6.33. The zero-order chi connectivity index (χ0) is 24.2. The molecule has 2 aliphatic rings. The van der Waals surface area contributed by atoms with Crippen molar-refractivity contribution in [3.05, 3.63) is 48.0 Å². The van der Waals surface area contributed by atoms with E-state index in [4.69, 9.17) is 14.6 Å². The fraction of sp³-hybridized carbons (Fsp3) is 0.577. The molecule has 0 spiro atoms. The van der Waals surface area contributed by atoms with Crippen LogP contribution in [0, 0.1) is 11.8 Å². The number of allylic oxidation sites excluding steroid dienone is 2. The molecule has 1 aromatic carbocycles. The van der Waals surface area contributed by atoms with Gasteiger partial charge in [0.1, 0.15) is 6.61 Å². The van der Waals surface area contributed by atoms with Crippen LogP contribution in [0.3, 0.4) is 0 Å². The SMILES string of the molecule is O=C(C[C@H]1CC=CC[C@@H](Cc2ccccc2)C(=O)OC[C@@H]2CCCN2C1=O)NCCOCCO. The third-order valence-corrected chi connectivity index (χ3v) is 6.33. The third kappa shape index (κ3) is 7.95. The normalized spacial score (nSPS) is 23.6. The van der Waals surface area contributed by atoms with Crippen molar-refractivity contribution in [1.29, 1.82) is 0 Å². The van der Waals surface area contributed by atoms with E-state index in [9.17, 15) is 14.4 Å². The molecule has 34 heavy (non-hydrogen) atoms. The fourth-order valence-electron chi connectivity index (χ4n) is 4.51. The molecule has 0 unspecified atom stereocenters. The van der Waals surface area contributed by atoms with Gasteiger partial charge in [0.05, 0.1) is 37.7 Å². The Kier molecular flexibility index (Phi) is 10.6. The van der Waals surface area contributed by atoms with Gasteiger partial charge in [-0.1, -0.05) is 42.5 Å². The number of amides is 2. The number of hydrogen-bond donors (Lipinski definition) is 2. The Hall–Kier alpha value is -2.71. The Morgan fingerprint density at radius 3 is 2.65 bits per heavy atom. The monoisotopic (exact) mass is 472 g/mol. The lowest BCUT2D eigenvalue weighted by molar-refractivity contribution is -0.152. The van der Waals surface area contributed by atoms with E-state index in [0.717, 1.165) is 18.4 Å². The number of esters is 1. The van der Waals surface area contributed by atoms with E-state index in [-0.39, 0.29) is 56.0 Å². The summed E-state index contributed by atoms with van der Waals surface area (Å²) in [6, 6.07) is 9.74. The zero-order valence-corrected chi connectivity index (χ0v) is 19.7. The summed E-state index contributed by atoms with van der Waals surface area (Å²) in [4.78, 5) is 40.4. The second-order valence-electron chi connectivity index (χ2n) is 8.87. The Bertz CT molecular complexity index is 828. The zero-order valence-electron chi connectivity index (χ0n) is 19.7. The van der Waals surface area contributed by atoms with Crippen molar-refractivity contribution >= 4 is 17.8 Å². The summed E-state index contributed by atoms with van der Waals surface area (Å²) < 4.78 is 10.8. The molecule has 2 amide bonds. The molecule has 2 N–H and O–H groups in total. The number of cyclic esters (lactones) is 1. The van der Waals surface area contributed by atoms with Crippen LogP contribution < -0.4 is 5.32 Å². The van der Waals surface area contributed by atoms with Gasteiger partial charge in [0.25, 0.3) is 0 Å². The topological polar surface area (TPSA) is 105 Å². The highest BCUT2D eigenvalue weighted by Crippen LogP contribution is 2.25. The van der Waals surface area contributed by atoms with Crippen LogP contribution in [0.2, 0.25) is 0 Å². The van der Waals surface area contributed by atoms with Gasteiger partial charge in [0, 0.05) is 19.5 Å². The molecule has 0 aliphatic carbocycles. The van der Waals surface area contributed by atoms with Crippen LogP contribution in [0.25, 0.3) is 0 Å². The van der Waals surface area contributed by atoms with Gasteiger partial charge in [-0.2, -0.15) is 0 Å². The number of rotatable bonds is 9. The lowest BCUT2D eigenvalue weighted by atomic mass is 9.94. The molecule has 2 heterocycles. The smallest absolute Gasteiger partial charge is 0.309 e. The first-order valence-electron chi connectivity index (χ1n) is 12.2. The van der Waals surface area contributed by atoms with Crippen molar-refractivity contribution in [2.45, 2.75) is 44.6 Å². The number of fused-ring (bicyclic) bond motifs is 1. The second kappa shape index (κ2) is 13.9. The molecule has 0 radical (unpaired) electrons. The highest BCUT2D eigenvalue weighted by Gasteiger charge is 2.35. The van der Waals surface area contributed by atoms with Crippen LogP contribution in [0.5, 0.6) is 0 Å². The highest BCUT2D eigenvalue weighted by atomic mass is 16.5. The average molecular weight is 473 g/mol. The van der Waals surface area contributed by atoms with Crippen molar-refractivity contribution in [2.24, 2.45) is 11.8 Å². The van der Waals surface area contributed by atoms with E-state index in [1.165, 1.54) is 0 Å². The van der Waals surface area contributed by atoms with Crippen LogP contribution in [0.15, 0.2) is 42.5 Å². The minimum atomic E-state index is -0.460. The van der Waals surface area contributed by atoms with Crippen LogP contribution in [0.1, 0.15) is 37.7 Å². The molecule has 2 aliphatic heterocycles. The first-order chi connectivity index (χ1) is 16.6. The summed E-state index contributed by atoms with van der Waals surface area (Å²) in [5, 5.41) is 11.5. The van der Waals surface area contributed by atoms with Gasteiger partial charge in [-0.3, -0.25) is 14.4 Å². The number of aliphatic hydroxyl groups is 1. The van der Waals surface area contributed by atoms with Crippen LogP contribution in [-0.2, 0) is 30.3 Å². The number of carbonyl (C=O) groups excluding carboxylic acids is 3. The highest BCUT2D eigenvalue weighted by molar-refractivity contribution is 5.86. The van der Waals surface area contributed by atoms with Gasteiger partial charge in [-0.05, 0) is 37.7 Å². The van der Waals surface area contributed by atoms with Gasteiger partial charge >= 0.3 is 5.97 Å². The molecule has 3 rings (SSSR count). The Morgan fingerprint density at radius 1 is 1.12 bits per heavy atom. The van der Waals surface area contributed by atoms with Gasteiger partial charge in [0.2, 0.25) is 11.8 Å². The lowest BCUT2D eigenvalue weighted by Crippen LogP contribution is -2.44. The summed E-state index contributed by atoms with van der Waals surface area (Å²) in [5.41, 5.74) is 1.08. The maximum absolute atomic E-state index is 13.3. The number of nitrogens with one attached hydrogen (secondary N) is 1. The standard InChI is InChI=1S/C26H36N2O6/c29-14-16-33-15-12-27-24(30)18-21-9-4-5-10-22(17-20-7-2-1-3-8-20)26(32)34-19-23-11-6-13-28(23)25(21)31/h1-5,7-8,21-23,29H,6,9-19H2,(H,27,30)/t21-,22+,23+/m1/s1. The van der Waals surface area contributed by atoms with Crippen LogP contribution >= 0.6 is 0 Å². The number of benzene rings is 1. The van der Waals surface area contributed by atoms with E-state index < -0.39 is 5.92 Å². The van der Waals surface area contributed by atoms with Crippen molar-refractivity contribution < 1.29 is 29.0 Å². The van der Waals surface area contributed by atoms with E-state index >= 15 is 0 Å². The van der Waals surface area contributed by atoms with E-state index in [1.807, 2.05) is 42.5 Å². The van der Waals surface area contributed by atoms with E-state index in [0.29, 0.717) is 39.0 Å². The lowest BCUT2D eigenvalue weighted by Gasteiger charge is -2.29. The number of carbonyl (C=O) groups is 3. The quantitative estimate of drug-likeness (QED) is 0.323. The predicted octanol–water partition coefficient (Wildman–Crippen LogP) is 1.86. The van der Waals surface area contributed by atoms with E-state index in [1.54, 1.807) is 4.90 Å². The number of nitrogens with zero attached hydrogens (tertiary/aromatic N) is 1. The molecule has 0 bridgehead atoms. The fourth-order valence-corrected chi connectivity index (χ4v) is 4.51. The minimum Gasteiger partial charge on any atom is -0.463 e. The van der Waals surface area contributed by atoms with Crippen LogP contribution in [-0.4, -0.2) is 73.3 Å². The maximum atomic E-state index is 13.3. The Labute approximate surface area is 201 Å². The molecule has 1 aromatic rings. The first kappa shape index (κ1) is 25.9. The van der Waals surface area contributed by atoms with Gasteiger partial charge in [-0.25, -0.2) is 0 Å². The van der Waals surface area contributed by atoms with Gasteiger partial charge < -0.3 is 24.8 Å². The van der Waals surface area contributed by atoms with Gasteiger partial charge in [-0.15, -0.1) is 0 Å². The molecule has 1 saturated heterocycles. The summed E-state index contributed by atoms with van der Waals surface area (Å²) in [5.74, 6) is -1.23. The Balaban J connectivity index is 1.66. The molecule has 0 saturated carbocycles.